The molecule has 15 heavy (non-hydrogen) atoms. The van der Waals surface area contributed by atoms with Crippen molar-refractivity contribution in [2.24, 2.45) is 17.6 Å². The van der Waals surface area contributed by atoms with E-state index in [4.69, 9.17) is 5.73 Å². The number of hydrogen-bond donors (Lipinski definition) is 2. The number of nitrogens with two attached hydrogens (primary N) is 1. The maximum Gasteiger partial charge on any atom is 0.0603 e. The van der Waals surface area contributed by atoms with Crippen LogP contribution in [0.1, 0.15) is 19.5 Å². The molecule has 84 valence electrons. The lowest BCUT2D eigenvalue weighted by atomic mass is 9.96. The second-order valence-electron chi connectivity index (χ2n) is 4.26. The van der Waals surface area contributed by atoms with Crippen LogP contribution < -0.4 is 11.1 Å². The van der Waals surface area contributed by atoms with Crippen molar-refractivity contribution in [1.82, 2.24) is 4.98 Å². The minimum atomic E-state index is 0.518. The summed E-state index contributed by atoms with van der Waals surface area (Å²) in [4.78, 5) is 4.23. The zero-order valence-electron chi connectivity index (χ0n) is 9.83. The minimum absolute atomic E-state index is 0.518. The Labute approximate surface area is 92.1 Å². The zero-order valence-corrected chi connectivity index (χ0v) is 9.83. The van der Waals surface area contributed by atoms with Crippen molar-refractivity contribution >= 4 is 5.69 Å². The molecule has 0 saturated heterocycles. The molecule has 0 fully saturated rings. The summed E-state index contributed by atoms with van der Waals surface area (Å²) in [5.41, 5.74) is 7.87. The minimum Gasteiger partial charge on any atom is -0.383 e. The number of rotatable bonds is 5. The van der Waals surface area contributed by atoms with Crippen LogP contribution in [0.3, 0.4) is 0 Å². The van der Waals surface area contributed by atoms with E-state index in [0.29, 0.717) is 11.8 Å². The SMILES string of the molecule is Cc1ncccc1NCC(CN)C(C)C. The zero-order chi connectivity index (χ0) is 11.3. The molecule has 1 atom stereocenters. The quantitative estimate of drug-likeness (QED) is 0.776. The van der Waals surface area contributed by atoms with Gasteiger partial charge < -0.3 is 11.1 Å². The van der Waals surface area contributed by atoms with Gasteiger partial charge in [-0.15, -0.1) is 0 Å². The molecule has 0 aromatic carbocycles. The first-order chi connectivity index (χ1) is 7.15. The summed E-state index contributed by atoms with van der Waals surface area (Å²) in [6, 6.07) is 4.00. The van der Waals surface area contributed by atoms with E-state index in [1.807, 2.05) is 19.2 Å². The molecule has 0 aliphatic heterocycles. The molecule has 1 aromatic heterocycles. The van der Waals surface area contributed by atoms with Gasteiger partial charge >= 0.3 is 0 Å². The van der Waals surface area contributed by atoms with Crippen LogP contribution in [0.2, 0.25) is 0 Å². The Morgan fingerprint density at radius 3 is 2.73 bits per heavy atom. The van der Waals surface area contributed by atoms with Gasteiger partial charge in [-0.2, -0.15) is 0 Å². The lowest BCUT2D eigenvalue weighted by Gasteiger charge is -2.20. The van der Waals surface area contributed by atoms with Crippen molar-refractivity contribution < 1.29 is 0 Å². The number of anilines is 1. The molecule has 1 unspecified atom stereocenters. The average Bonchev–Trinajstić information content (AvgIpc) is 2.21. The van der Waals surface area contributed by atoms with Gasteiger partial charge in [-0.3, -0.25) is 4.98 Å². The lowest BCUT2D eigenvalue weighted by Crippen LogP contribution is -2.27. The number of nitrogens with zero attached hydrogens (tertiary/aromatic N) is 1. The first-order valence-corrected chi connectivity index (χ1v) is 5.50. The fourth-order valence-electron chi connectivity index (χ4n) is 1.50. The van der Waals surface area contributed by atoms with E-state index in [1.165, 1.54) is 0 Å². The van der Waals surface area contributed by atoms with Crippen molar-refractivity contribution in [3.63, 3.8) is 0 Å². The molecule has 0 radical (unpaired) electrons. The molecular weight excluding hydrogens is 186 g/mol. The van der Waals surface area contributed by atoms with Crippen LogP contribution in [0, 0.1) is 18.8 Å². The molecule has 1 aromatic rings. The normalized spacial score (nSPS) is 12.9. The van der Waals surface area contributed by atoms with E-state index < -0.39 is 0 Å². The molecule has 0 aliphatic carbocycles. The van der Waals surface area contributed by atoms with Crippen molar-refractivity contribution in [2.75, 3.05) is 18.4 Å². The fourth-order valence-corrected chi connectivity index (χ4v) is 1.50. The third-order valence-corrected chi connectivity index (χ3v) is 2.81. The van der Waals surface area contributed by atoms with Crippen LogP contribution in [0.5, 0.6) is 0 Å². The molecule has 0 spiro atoms. The molecule has 3 nitrogen and oxygen atoms in total. The fraction of sp³-hybridized carbons (Fsp3) is 0.583. The van der Waals surface area contributed by atoms with Gasteiger partial charge in [0.05, 0.1) is 11.4 Å². The highest BCUT2D eigenvalue weighted by atomic mass is 14.9. The Balaban J connectivity index is 2.53. The predicted octanol–water partition coefficient (Wildman–Crippen LogP) is 2.03. The van der Waals surface area contributed by atoms with Gasteiger partial charge in [0.25, 0.3) is 0 Å². The Hall–Kier alpha value is -1.09. The standard InChI is InChI=1S/C12H21N3/c1-9(2)11(7-13)8-15-12-5-4-6-14-10(12)3/h4-6,9,11,15H,7-8,13H2,1-3H3. The van der Waals surface area contributed by atoms with Crippen molar-refractivity contribution in [3.8, 4) is 0 Å². The summed E-state index contributed by atoms with van der Waals surface area (Å²) < 4.78 is 0. The molecule has 3 N–H and O–H groups in total. The molecule has 0 bridgehead atoms. The predicted molar refractivity (Wildman–Crippen MR) is 64.8 cm³/mol. The van der Waals surface area contributed by atoms with E-state index >= 15 is 0 Å². The van der Waals surface area contributed by atoms with E-state index in [2.05, 4.69) is 30.2 Å². The van der Waals surface area contributed by atoms with Crippen LogP contribution in [0.15, 0.2) is 18.3 Å². The second kappa shape index (κ2) is 5.71. The second-order valence-corrected chi connectivity index (χ2v) is 4.26. The number of hydrogen-bond acceptors (Lipinski definition) is 3. The van der Waals surface area contributed by atoms with Crippen LogP contribution in [-0.2, 0) is 0 Å². The van der Waals surface area contributed by atoms with Gasteiger partial charge in [-0.05, 0) is 37.4 Å². The summed E-state index contributed by atoms with van der Waals surface area (Å²) in [6.45, 7) is 8.06. The van der Waals surface area contributed by atoms with Crippen LogP contribution in [0.4, 0.5) is 5.69 Å². The molecule has 1 rings (SSSR count). The molecule has 0 saturated carbocycles. The molecule has 1 heterocycles. The number of pyridine rings is 1. The van der Waals surface area contributed by atoms with Crippen molar-refractivity contribution in [3.05, 3.63) is 24.0 Å². The lowest BCUT2D eigenvalue weighted by molar-refractivity contribution is 0.413. The third-order valence-electron chi connectivity index (χ3n) is 2.81. The highest BCUT2D eigenvalue weighted by Gasteiger charge is 2.11. The summed E-state index contributed by atoms with van der Waals surface area (Å²) in [7, 11) is 0. The van der Waals surface area contributed by atoms with Gasteiger partial charge in [0.1, 0.15) is 0 Å². The Kier molecular flexibility index (Phi) is 4.56. The topological polar surface area (TPSA) is 50.9 Å². The van der Waals surface area contributed by atoms with Gasteiger partial charge in [-0.1, -0.05) is 13.8 Å². The monoisotopic (exact) mass is 207 g/mol. The summed E-state index contributed by atoms with van der Waals surface area (Å²) in [5.74, 6) is 1.13. The van der Waals surface area contributed by atoms with Gasteiger partial charge in [-0.25, -0.2) is 0 Å². The molecule has 0 amide bonds. The van der Waals surface area contributed by atoms with E-state index in [9.17, 15) is 0 Å². The first-order valence-electron chi connectivity index (χ1n) is 5.50. The first kappa shape index (κ1) is 12.0. The highest BCUT2D eigenvalue weighted by molar-refractivity contribution is 5.46. The largest absolute Gasteiger partial charge is 0.383 e. The van der Waals surface area contributed by atoms with Crippen LogP contribution in [0.25, 0.3) is 0 Å². The van der Waals surface area contributed by atoms with Gasteiger partial charge in [0.2, 0.25) is 0 Å². The third kappa shape index (κ3) is 3.51. The number of nitrogens with one attached hydrogen (secondary N) is 1. The number of aromatic nitrogens is 1. The number of aryl methyl sites for hydroxylation is 1. The van der Waals surface area contributed by atoms with Crippen LogP contribution in [-0.4, -0.2) is 18.1 Å². The molecule has 3 heteroatoms. The maximum atomic E-state index is 5.72. The Bertz CT molecular complexity index is 297. The summed E-state index contributed by atoms with van der Waals surface area (Å²) >= 11 is 0. The van der Waals surface area contributed by atoms with Crippen molar-refractivity contribution in [1.29, 1.82) is 0 Å². The van der Waals surface area contributed by atoms with Crippen molar-refractivity contribution in [2.45, 2.75) is 20.8 Å². The molecular formula is C12H21N3. The smallest absolute Gasteiger partial charge is 0.0603 e. The Morgan fingerprint density at radius 2 is 2.20 bits per heavy atom. The van der Waals surface area contributed by atoms with Gasteiger partial charge in [0.15, 0.2) is 0 Å². The average molecular weight is 207 g/mol. The van der Waals surface area contributed by atoms with E-state index in [1.54, 1.807) is 0 Å². The highest BCUT2D eigenvalue weighted by Crippen LogP contribution is 2.14. The van der Waals surface area contributed by atoms with E-state index in [0.717, 1.165) is 24.5 Å². The summed E-state index contributed by atoms with van der Waals surface area (Å²) in [5, 5.41) is 3.40. The maximum absolute atomic E-state index is 5.72. The van der Waals surface area contributed by atoms with Gasteiger partial charge in [0, 0.05) is 12.7 Å². The van der Waals surface area contributed by atoms with Crippen LogP contribution >= 0.6 is 0 Å². The summed E-state index contributed by atoms with van der Waals surface area (Å²) in [6.07, 6.45) is 1.81. The van der Waals surface area contributed by atoms with E-state index in [-0.39, 0.29) is 0 Å². The Morgan fingerprint density at radius 1 is 1.47 bits per heavy atom. The molecule has 0 aliphatic rings.